The highest BCUT2D eigenvalue weighted by molar-refractivity contribution is 6.17. The van der Waals surface area contributed by atoms with Gasteiger partial charge >= 0.3 is 0 Å². The second-order valence-electron chi connectivity index (χ2n) is 3.33. The molecule has 4 heteroatoms. The largest absolute Gasteiger partial charge is 0.469 e. The lowest BCUT2D eigenvalue weighted by molar-refractivity contribution is -0.121. The minimum atomic E-state index is 0.0895. The third kappa shape index (κ3) is 5.47. The van der Waals surface area contributed by atoms with Crippen molar-refractivity contribution in [2.75, 3.05) is 12.4 Å². The SMILES string of the molecule is O=C(CCCCCl)NCCc1ccco1. The third-order valence-electron chi connectivity index (χ3n) is 2.06. The van der Waals surface area contributed by atoms with Crippen molar-refractivity contribution in [2.24, 2.45) is 0 Å². The minimum absolute atomic E-state index is 0.0895. The molecule has 0 unspecified atom stereocenters. The molecule has 1 heterocycles. The van der Waals surface area contributed by atoms with Crippen molar-refractivity contribution in [3.8, 4) is 0 Å². The van der Waals surface area contributed by atoms with E-state index in [2.05, 4.69) is 5.32 Å². The molecule has 0 fully saturated rings. The smallest absolute Gasteiger partial charge is 0.220 e. The van der Waals surface area contributed by atoms with Gasteiger partial charge in [-0.25, -0.2) is 0 Å². The fraction of sp³-hybridized carbons (Fsp3) is 0.545. The van der Waals surface area contributed by atoms with Crippen molar-refractivity contribution in [1.29, 1.82) is 0 Å². The molecule has 0 radical (unpaired) electrons. The highest BCUT2D eigenvalue weighted by Crippen LogP contribution is 2.00. The second-order valence-corrected chi connectivity index (χ2v) is 3.70. The van der Waals surface area contributed by atoms with Crippen LogP contribution in [-0.4, -0.2) is 18.3 Å². The molecule has 0 saturated heterocycles. The van der Waals surface area contributed by atoms with Crippen LogP contribution < -0.4 is 5.32 Å². The molecule has 0 aliphatic heterocycles. The topological polar surface area (TPSA) is 42.2 Å². The number of rotatable bonds is 7. The van der Waals surface area contributed by atoms with Crippen LogP contribution >= 0.6 is 11.6 Å². The molecule has 0 spiro atoms. The van der Waals surface area contributed by atoms with Gasteiger partial charge in [0, 0.05) is 25.3 Å². The summed E-state index contributed by atoms with van der Waals surface area (Å²) in [7, 11) is 0. The number of halogens is 1. The first-order valence-electron chi connectivity index (χ1n) is 5.18. The lowest BCUT2D eigenvalue weighted by Crippen LogP contribution is -2.25. The average molecular weight is 230 g/mol. The van der Waals surface area contributed by atoms with Crippen molar-refractivity contribution >= 4 is 17.5 Å². The van der Waals surface area contributed by atoms with Crippen LogP contribution in [0.5, 0.6) is 0 Å². The quantitative estimate of drug-likeness (QED) is 0.576. The van der Waals surface area contributed by atoms with Crippen LogP contribution in [0.3, 0.4) is 0 Å². The number of hydrogen-bond acceptors (Lipinski definition) is 2. The molecule has 0 aromatic carbocycles. The first-order valence-corrected chi connectivity index (χ1v) is 5.71. The summed E-state index contributed by atoms with van der Waals surface area (Å²) in [6, 6.07) is 3.75. The Kier molecular flexibility index (Phi) is 5.93. The second kappa shape index (κ2) is 7.35. The average Bonchev–Trinajstić information content (AvgIpc) is 2.71. The van der Waals surface area contributed by atoms with E-state index in [4.69, 9.17) is 16.0 Å². The fourth-order valence-electron chi connectivity index (χ4n) is 1.25. The molecule has 1 N–H and O–H groups in total. The molecule has 15 heavy (non-hydrogen) atoms. The van der Waals surface area contributed by atoms with Crippen molar-refractivity contribution in [2.45, 2.75) is 25.7 Å². The summed E-state index contributed by atoms with van der Waals surface area (Å²) in [4.78, 5) is 11.3. The van der Waals surface area contributed by atoms with Gasteiger partial charge in [0.15, 0.2) is 0 Å². The molecular formula is C11H16ClNO2. The predicted molar refractivity (Wildman–Crippen MR) is 60.0 cm³/mol. The molecule has 1 rings (SSSR count). The summed E-state index contributed by atoms with van der Waals surface area (Å²) in [6.45, 7) is 0.632. The minimum Gasteiger partial charge on any atom is -0.469 e. The van der Waals surface area contributed by atoms with E-state index in [0.29, 0.717) is 18.8 Å². The van der Waals surface area contributed by atoms with E-state index < -0.39 is 0 Å². The van der Waals surface area contributed by atoms with Crippen molar-refractivity contribution in [3.63, 3.8) is 0 Å². The molecule has 3 nitrogen and oxygen atoms in total. The zero-order chi connectivity index (χ0) is 10.9. The van der Waals surface area contributed by atoms with Crippen molar-refractivity contribution in [1.82, 2.24) is 5.32 Å². The molecule has 0 atom stereocenters. The predicted octanol–water partition coefficient (Wildman–Crippen LogP) is 2.35. The molecule has 0 aliphatic carbocycles. The summed E-state index contributed by atoms with van der Waals surface area (Å²) in [5, 5.41) is 2.84. The number of carbonyl (C=O) groups is 1. The maximum absolute atomic E-state index is 11.3. The van der Waals surface area contributed by atoms with Crippen molar-refractivity contribution < 1.29 is 9.21 Å². The first-order chi connectivity index (χ1) is 7.33. The number of alkyl halides is 1. The third-order valence-corrected chi connectivity index (χ3v) is 2.33. The Balaban J connectivity index is 2.02. The molecule has 84 valence electrons. The summed E-state index contributed by atoms with van der Waals surface area (Å²) in [5.74, 6) is 1.61. The van der Waals surface area contributed by atoms with Gasteiger partial charge in [0.1, 0.15) is 5.76 Å². The van der Waals surface area contributed by atoms with Gasteiger partial charge in [0.05, 0.1) is 6.26 Å². The van der Waals surface area contributed by atoms with Gasteiger partial charge in [-0.05, 0) is 25.0 Å². The van der Waals surface area contributed by atoms with Crippen LogP contribution in [0.15, 0.2) is 22.8 Å². The molecule has 0 saturated carbocycles. The maximum Gasteiger partial charge on any atom is 0.220 e. The standard InChI is InChI=1S/C11H16ClNO2/c12-7-2-1-5-11(14)13-8-6-10-4-3-9-15-10/h3-4,9H,1-2,5-8H2,(H,13,14). The van der Waals surface area contributed by atoms with Crippen LogP contribution in [-0.2, 0) is 11.2 Å². The highest BCUT2D eigenvalue weighted by Gasteiger charge is 2.01. The highest BCUT2D eigenvalue weighted by atomic mass is 35.5. The lowest BCUT2D eigenvalue weighted by Gasteiger charge is -2.02. The van der Waals surface area contributed by atoms with Crippen LogP contribution in [0.1, 0.15) is 25.0 Å². The monoisotopic (exact) mass is 229 g/mol. The van der Waals surface area contributed by atoms with Crippen LogP contribution in [0.2, 0.25) is 0 Å². The molecule has 0 bridgehead atoms. The number of amides is 1. The van der Waals surface area contributed by atoms with Gasteiger partial charge in [0.2, 0.25) is 5.91 Å². The Bertz CT molecular complexity index is 272. The molecule has 1 amide bonds. The zero-order valence-corrected chi connectivity index (χ0v) is 9.43. The first kappa shape index (κ1) is 12.1. The van der Waals surface area contributed by atoms with Crippen molar-refractivity contribution in [3.05, 3.63) is 24.2 Å². The van der Waals surface area contributed by atoms with E-state index in [-0.39, 0.29) is 5.91 Å². The number of carbonyl (C=O) groups excluding carboxylic acids is 1. The van der Waals surface area contributed by atoms with E-state index in [9.17, 15) is 4.79 Å². The number of nitrogens with one attached hydrogen (secondary N) is 1. The van der Waals surface area contributed by atoms with Crippen LogP contribution in [0.4, 0.5) is 0 Å². The van der Waals surface area contributed by atoms with E-state index in [1.165, 1.54) is 0 Å². The van der Waals surface area contributed by atoms with E-state index in [1.54, 1.807) is 6.26 Å². The van der Waals surface area contributed by atoms with E-state index >= 15 is 0 Å². The number of unbranched alkanes of at least 4 members (excludes halogenated alkanes) is 1. The normalized spacial score (nSPS) is 10.2. The van der Waals surface area contributed by atoms with Gasteiger partial charge in [-0.2, -0.15) is 0 Å². The maximum atomic E-state index is 11.3. The van der Waals surface area contributed by atoms with E-state index in [0.717, 1.165) is 25.0 Å². The number of hydrogen-bond donors (Lipinski definition) is 1. The van der Waals surface area contributed by atoms with Crippen LogP contribution in [0, 0.1) is 0 Å². The Morgan fingerprint density at radius 3 is 3.00 bits per heavy atom. The van der Waals surface area contributed by atoms with Gasteiger partial charge in [-0.15, -0.1) is 11.6 Å². The Morgan fingerprint density at radius 2 is 2.33 bits per heavy atom. The number of furan rings is 1. The van der Waals surface area contributed by atoms with E-state index in [1.807, 2.05) is 12.1 Å². The zero-order valence-electron chi connectivity index (χ0n) is 8.67. The Labute approximate surface area is 94.8 Å². The molecule has 1 aromatic heterocycles. The molecular weight excluding hydrogens is 214 g/mol. The summed E-state index contributed by atoms with van der Waals surface area (Å²) in [6.07, 6.45) is 4.69. The molecule has 0 aliphatic rings. The fourth-order valence-corrected chi connectivity index (χ4v) is 1.44. The van der Waals surface area contributed by atoms with Gasteiger partial charge < -0.3 is 9.73 Å². The Morgan fingerprint density at radius 1 is 1.47 bits per heavy atom. The summed E-state index contributed by atoms with van der Waals surface area (Å²) in [5.41, 5.74) is 0. The molecule has 1 aromatic rings. The summed E-state index contributed by atoms with van der Waals surface area (Å²) < 4.78 is 5.15. The summed E-state index contributed by atoms with van der Waals surface area (Å²) >= 11 is 5.51. The Hall–Kier alpha value is -0.960. The van der Waals surface area contributed by atoms with Crippen LogP contribution in [0.25, 0.3) is 0 Å². The lowest BCUT2D eigenvalue weighted by atomic mass is 10.2. The van der Waals surface area contributed by atoms with Gasteiger partial charge in [-0.1, -0.05) is 0 Å². The van der Waals surface area contributed by atoms with Gasteiger partial charge in [-0.3, -0.25) is 4.79 Å². The van der Waals surface area contributed by atoms with Gasteiger partial charge in [0.25, 0.3) is 0 Å².